The summed E-state index contributed by atoms with van der Waals surface area (Å²) in [5.41, 5.74) is 2.16. The van der Waals surface area contributed by atoms with Crippen LogP contribution in [0, 0.1) is 13.8 Å². The zero-order chi connectivity index (χ0) is 15.2. The lowest BCUT2D eigenvalue weighted by molar-refractivity contribution is 0.790. The van der Waals surface area contributed by atoms with Crippen LogP contribution < -0.4 is 10.6 Å². The molecule has 2 N–H and O–H groups in total. The van der Waals surface area contributed by atoms with Crippen LogP contribution in [0.15, 0.2) is 10.4 Å². The fraction of sp³-hybridized carbons (Fsp3) is 0.500. The fourth-order valence-electron chi connectivity index (χ4n) is 1.76. The second kappa shape index (κ2) is 9.41. The molecule has 2 heterocycles. The summed E-state index contributed by atoms with van der Waals surface area (Å²) >= 11 is 3.42. The number of thiazole rings is 2. The average Bonchev–Trinajstić information content (AvgIpc) is 3.06. The van der Waals surface area contributed by atoms with E-state index < -0.39 is 0 Å². The Bertz CT molecular complexity index is 601. The van der Waals surface area contributed by atoms with E-state index in [0.717, 1.165) is 28.8 Å². The maximum Gasteiger partial charge on any atom is 0.191 e. The summed E-state index contributed by atoms with van der Waals surface area (Å²) in [6.07, 6.45) is 0.986. The van der Waals surface area contributed by atoms with Crippen LogP contribution in [0.4, 0.5) is 0 Å². The zero-order valence-electron chi connectivity index (χ0n) is 13.3. The fourth-order valence-corrected chi connectivity index (χ4v) is 3.38. The Labute approximate surface area is 156 Å². The van der Waals surface area contributed by atoms with E-state index in [1.54, 1.807) is 29.7 Å². The molecular formula is C14H22IN5S2. The van der Waals surface area contributed by atoms with Crippen molar-refractivity contribution in [1.29, 1.82) is 0 Å². The van der Waals surface area contributed by atoms with Crippen LogP contribution in [0.25, 0.3) is 0 Å². The van der Waals surface area contributed by atoms with Crippen LogP contribution in [0.2, 0.25) is 0 Å². The summed E-state index contributed by atoms with van der Waals surface area (Å²) in [6.45, 7) is 7.63. The Morgan fingerprint density at radius 1 is 1.18 bits per heavy atom. The predicted octanol–water partition coefficient (Wildman–Crippen LogP) is 3.26. The Balaban J connectivity index is 0.00000242. The quantitative estimate of drug-likeness (QED) is 0.416. The first-order valence-electron chi connectivity index (χ1n) is 6.93. The van der Waals surface area contributed by atoms with E-state index >= 15 is 0 Å². The molecule has 0 atom stereocenters. The van der Waals surface area contributed by atoms with Crippen molar-refractivity contribution < 1.29 is 0 Å². The number of aliphatic imine (C=N–C) groups is 1. The van der Waals surface area contributed by atoms with Crippen LogP contribution >= 0.6 is 46.7 Å². The van der Waals surface area contributed by atoms with Gasteiger partial charge in [-0.1, -0.05) is 6.92 Å². The molecule has 22 heavy (non-hydrogen) atoms. The van der Waals surface area contributed by atoms with Crippen molar-refractivity contribution >= 4 is 52.6 Å². The molecule has 0 amide bonds. The third-order valence-corrected chi connectivity index (χ3v) is 5.16. The molecular weight excluding hydrogens is 429 g/mol. The summed E-state index contributed by atoms with van der Waals surface area (Å²) < 4.78 is 0. The van der Waals surface area contributed by atoms with Gasteiger partial charge in [0.15, 0.2) is 5.96 Å². The Morgan fingerprint density at radius 3 is 2.45 bits per heavy atom. The zero-order valence-corrected chi connectivity index (χ0v) is 17.2. The van der Waals surface area contributed by atoms with Crippen molar-refractivity contribution in [1.82, 2.24) is 20.6 Å². The minimum atomic E-state index is 0. The monoisotopic (exact) mass is 451 g/mol. The molecule has 8 heteroatoms. The summed E-state index contributed by atoms with van der Waals surface area (Å²) in [7, 11) is 1.77. The first-order valence-corrected chi connectivity index (χ1v) is 8.62. The molecule has 2 aromatic rings. The van der Waals surface area contributed by atoms with E-state index in [2.05, 4.69) is 44.8 Å². The van der Waals surface area contributed by atoms with Crippen molar-refractivity contribution in [3.8, 4) is 0 Å². The van der Waals surface area contributed by atoms with Crippen LogP contribution in [0.3, 0.4) is 0 Å². The number of aromatic nitrogens is 2. The maximum absolute atomic E-state index is 4.53. The van der Waals surface area contributed by atoms with Crippen molar-refractivity contribution in [3.63, 3.8) is 0 Å². The van der Waals surface area contributed by atoms with Crippen LogP contribution in [0.1, 0.15) is 33.2 Å². The highest BCUT2D eigenvalue weighted by Crippen LogP contribution is 2.15. The number of guanidine groups is 1. The van der Waals surface area contributed by atoms with Crippen molar-refractivity contribution in [2.24, 2.45) is 4.99 Å². The van der Waals surface area contributed by atoms with Gasteiger partial charge >= 0.3 is 0 Å². The van der Waals surface area contributed by atoms with Crippen molar-refractivity contribution in [2.75, 3.05) is 7.05 Å². The number of aryl methyl sites for hydroxylation is 3. The summed E-state index contributed by atoms with van der Waals surface area (Å²) in [6, 6.07) is 0. The largest absolute Gasteiger partial charge is 0.351 e. The highest BCUT2D eigenvalue weighted by Gasteiger charge is 2.05. The summed E-state index contributed by atoms with van der Waals surface area (Å²) in [5, 5.41) is 10.9. The highest BCUT2D eigenvalue weighted by molar-refractivity contribution is 14.0. The van der Waals surface area contributed by atoms with Crippen LogP contribution in [0.5, 0.6) is 0 Å². The van der Waals surface area contributed by atoms with Gasteiger partial charge in [-0.25, -0.2) is 9.97 Å². The molecule has 0 bridgehead atoms. The first kappa shape index (κ1) is 19.3. The summed E-state index contributed by atoms with van der Waals surface area (Å²) in [4.78, 5) is 14.5. The number of rotatable bonds is 5. The molecule has 0 saturated heterocycles. The van der Waals surface area contributed by atoms with E-state index in [1.807, 2.05) is 6.92 Å². The lowest BCUT2D eigenvalue weighted by atomic mass is 10.4. The van der Waals surface area contributed by atoms with Gasteiger partial charge in [-0.2, -0.15) is 0 Å². The highest BCUT2D eigenvalue weighted by atomic mass is 127. The molecule has 0 saturated carbocycles. The van der Waals surface area contributed by atoms with E-state index in [1.165, 1.54) is 9.88 Å². The van der Waals surface area contributed by atoms with E-state index in [9.17, 15) is 0 Å². The third-order valence-electron chi connectivity index (χ3n) is 3.04. The average molecular weight is 451 g/mol. The van der Waals surface area contributed by atoms with Crippen molar-refractivity contribution in [2.45, 2.75) is 40.3 Å². The number of hydrogen-bond donors (Lipinski definition) is 2. The number of halogens is 1. The van der Waals surface area contributed by atoms with Gasteiger partial charge in [-0.3, -0.25) is 4.99 Å². The molecule has 0 aliphatic heterocycles. The Morgan fingerprint density at radius 2 is 1.91 bits per heavy atom. The maximum atomic E-state index is 4.53. The van der Waals surface area contributed by atoms with Crippen molar-refractivity contribution in [3.05, 3.63) is 31.7 Å². The smallest absolute Gasteiger partial charge is 0.191 e. The van der Waals surface area contributed by atoms with Gasteiger partial charge in [0.25, 0.3) is 0 Å². The van der Waals surface area contributed by atoms with Gasteiger partial charge in [0.2, 0.25) is 0 Å². The van der Waals surface area contributed by atoms with E-state index in [0.29, 0.717) is 13.1 Å². The minimum absolute atomic E-state index is 0. The second-order valence-corrected chi connectivity index (χ2v) is 6.85. The molecule has 2 rings (SSSR count). The molecule has 0 radical (unpaired) electrons. The van der Waals surface area contributed by atoms with Crippen LogP contribution in [-0.4, -0.2) is 23.0 Å². The molecule has 0 spiro atoms. The van der Waals surface area contributed by atoms with Crippen LogP contribution in [-0.2, 0) is 19.5 Å². The van der Waals surface area contributed by atoms with E-state index in [-0.39, 0.29) is 24.0 Å². The molecule has 0 fully saturated rings. The normalized spacial score (nSPS) is 11.2. The lowest BCUT2D eigenvalue weighted by Gasteiger charge is -2.09. The molecule has 2 aromatic heterocycles. The number of nitrogens with zero attached hydrogens (tertiary/aromatic N) is 3. The summed E-state index contributed by atoms with van der Waals surface area (Å²) in [5.74, 6) is 0.770. The Hall–Kier alpha value is -0.740. The van der Waals surface area contributed by atoms with Gasteiger partial charge in [0, 0.05) is 17.3 Å². The molecule has 5 nitrogen and oxygen atoms in total. The molecule has 122 valence electrons. The van der Waals surface area contributed by atoms with Gasteiger partial charge in [0.05, 0.1) is 29.5 Å². The standard InChI is InChI=1S/C14H21N5S2.HI/c1-5-12-19-11(8-20-12)6-16-14(15-4)17-7-13-18-9(2)10(3)21-13;/h8H,5-7H2,1-4H3,(H2,15,16,17);1H. The Kier molecular flexibility index (Phi) is 8.26. The minimum Gasteiger partial charge on any atom is -0.351 e. The first-order chi connectivity index (χ1) is 10.1. The molecule has 0 aliphatic rings. The van der Waals surface area contributed by atoms with E-state index in [4.69, 9.17) is 0 Å². The van der Waals surface area contributed by atoms with Gasteiger partial charge in [0.1, 0.15) is 5.01 Å². The topological polar surface area (TPSA) is 62.2 Å². The second-order valence-electron chi connectivity index (χ2n) is 4.61. The number of hydrogen-bond acceptors (Lipinski definition) is 5. The predicted molar refractivity (Wildman–Crippen MR) is 106 cm³/mol. The van der Waals surface area contributed by atoms with Gasteiger partial charge < -0.3 is 10.6 Å². The van der Waals surface area contributed by atoms with Gasteiger partial charge in [-0.15, -0.1) is 46.7 Å². The van der Waals surface area contributed by atoms with Gasteiger partial charge in [-0.05, 0) is 20.3 Å². The lowest BCUT2D eigenvalue weighted by Crippen LogP contribution is -2.36. The third kappa shape index (κ3) is 5.47. The molecule has 0 aromatic carbocycles. The molecule has 0 aliphatic carbocycles. The SMILES string of the molecule is CCc1nc(CNC(=NC)NCc2nc(C)c(C)s2)cs1.I. The molecule has 0 unspecified atom stereocenters. The number of nitrogens with one attached hydrogen (secondary N) is 2.